The Labute approximate surface area is 180 Å². The molecule has 146 valence electrons. The van der Waals surface area contributed by atoms with E-state index in [9.17, 15) is 0 Å². The number of allylic oxidation sites excluding steroid dienone is 5. The number of hydrogen-bond acceptors (Lipinski definition) is 0. The van der Waals surface area contributed by atoms with Crippen LogP contribution >= 0.6 is 0 Å². The summed E-state index contributed by atoms with van der Waals surface area (Å²) in [6.45, 7) is 7.52. The number of benzene rings is 3. The summed E-state index contributed by atoms with van der Waals surface area (Å²) < 4.78 is 0. The summed E-state index contributed by atoms with van der Waals surface area (Å²) in [6.07, 6.45) is 6.00. The maximum absolute atomic E-state index is 2.59. The van der Waals surface area contributed by atoms with Gasteiger partial charge in [0.25, 0.3) is 0 Å². The molecule has 0 saturated heterocycles. The highest BCUT2D eigenvalue weighted by Crippen LogP contribution is 2.54. The molecule has 1 heteroatoms. The molecule has 0 amide bonds. The first-order valence-corrected chi connectivity index (χ1v) is 14.0. The van der Waals surface area contributed by atoms with E-state index in [1.807, 2.05) is 0 Å². The van der Waals surface area contributed by atoms with Gasteiger partial charge in [0.2, 0.25) is 0 Å². The van der Waals surface area contributed by atoms with Gasteiger partial charge in [-0.2, -0.15) is 0 Å². The quantitative estimate of drug-likeness (QED) is 0.390. The van der Waals surface area contributed by atoms with Crippen molar-refractivity contribution in [3.05, 3.63) is 123 Å². The molecular formula is C29H26Si. The molecule has 0 heterocycles. The van der Waals surface area contributed by atoms with E-state index in [4.69, 9.17) is 0 Å². The lowest BCUT2D eigenvalue weighted by Crippen LogP contribution is -2.38. The van der Waals surface area contributed by atoms with Crippen molar-refractivity contribution in [2.24, 2.45) is 0 Å². The van der Waals surface area contributed by atoms with E-state index < -0.39 is 8.07 Å². The molecule has 30 heavy (non-hydrogen) atoms. The highest BCUT2D eigenvalue weighted by atomic mass is 28.3. The molecule has 0 N–H and O–H groups in total. The predicted molar refractivity (Wildman–Crippen MR) is 130 cm³/mol. The van der Waals surface area contributed by atoms with Crippen LogP contribution in [0.25, 0.3) is 17.2 Å². The van der Waals surface area contributed by atoms with Crippen LogP contribution in [0.2, 0.25) is 13.1 Å². The van der Waals surface area contributed by atoms with Gasteiger partial charge in [0.15, 0.2) is 0 Å². The standard InChI is InChI=1S/C29H26Si/c1-19-16-22-17-20-10-4-5-11-21(20)18-27(22)28(19)30(2,3)29-25-14-8-6-12-23(25)24-13-7-9-15-26(24)29/h4-16,18,29H,17H2,1-3H3. The van der Waals surface area contributed by atoms with Gasteiger partial charge < -0.3 is 0 Å². The van der Waals surface area contributed by atoms with Gasteiger partial charge in [-0.25, -0.2) is 0 Å². The zero-order chi connectivity index (χ0) is 20.5. The van der Waals surface area contributed by atoms with Gasteiger partial charge >= 0.3 is 0 Å². The summed E-state index contributed by atoms with van der Waals surface area (Å²) in [5.74, 6) is 0. The summed E-state index contributed by atoms with van der Waals surface area (Å²) in [5.41, 5.74) is 13.8. The van der Waals surface area contributed by atoms with Crippen LogP contribution in [0.4, 0.5) is 0 Å². The maximum Gasteiger partial charge on any atom is 0.0939 e. The Hall–Kier alpha value is -2.90. The minimum Gasteiger partial charge on any atom is -0.0647 e. The summed E-state index contributed by atoms with van der Waals surface area (Å²) in [5, 5.41) is 1.66. The van der Waals surface area contributed by atoms with Crippen molar-refractivity contribution in [2.75, 3.05) is 0 Å². The summed E-state index contributed by atoms with van der Waals surface area (Å²) in [4.78, 5) is 0. The van der Waals surface area contributed by atoms with Crippen LogP contribution in [-0.2, 0) is 6.42 Å². The molecule has 0 nitrogen and oxygen atoms in total. The second-order valence-corrected chi connectivity index (χ2v) is 14.0. The van der Waals surface area contributed by atoms with E-state index in [0.717, 1.165) is 6.42 Å². The lowest BCUT2D eigenvalue weighted by molar-refractivity contribution is 1.11. The molecule has 0 saturated carbocycles. The fraction of sp³-hybridized carbons (Fsp3) is 0.172. The molecule has 3 aliphatic carbocycles. The SMILES string of the molecule is CC1=C([Si](C)(C)C2c3ccccc3-c3ccccc32)C2=Cc3ccccc3CC2=C1. The summed E-state index contributed by atoms with van der Waals surface area (Å²) in [6, 6.07) is 27.1. The maximum atomic E-state index is 2.59. The topological polar surface area (TPSA) is 0 Å². The van der Waals surface area contributed by atoms with Crippen LogP contribution in [0.5, 0.6) is 0 Å². The molecule has 0 radical (unpaired) electrons. The third-order valence-electron chi connectivity index (χ3n) is 7.34. The zero-order valence-electron chi connectivity index (χ0n) is 17.9. The number of fused-ring (bicyclic) bond motifs is 5. The van der Waals surface area contributed by atoms with Crippen LogP contribution in [0.1, 0.15) is 34.7 Å². The van der Waals surface area contributed by atoms with Gasteiger partial charge in [-0.3, -0.25) is 0 Å². The minimum atomic E-state index is -1.87. The van der Waals surface area contributed by atoms with Crippen molar-refractivity contribution in [3.63, 3.8) is 0 Å². The van der Waals surface area contributed by atoms with Crippen molar-refractivity contribution in [1.82, 2.24) is 0 Å². The van der Waals surface area contributed by atoms with Crippen LogP contribution in [0, 0.1) is 0 Å². The van der Waals surface area contributed by atoms with Gasteiger partial charge in [0.1, 0.15) is 0 Å². The van der Waals surface area contributed by atoms with Crippen molar-refractivity contribution in [1.29, 1.82) is 0 Å². The zero-order valence-corrected chi connectivity index (χ0v) is 18.9. The largest absolute Gasteiger partial charge is 0.0939 e. The summed E-state index contributed by atoms with van der Waals surface area (Å²) >= 11 is 0. The first-order valence-electron chi connectivity index (χ1n) is 11.0. The Bertz CT molecular complexity index is 1250. The van der Waals surface area contributed by atoms with Crippen LogP contribution in [0.15, 0.2) is 101 Å². The van der Waals surface area contributed by atoms with E-state index in [1.165, 1.54) is 50.1 Å². The van der Waals surface area contributed by atoms with E-state index in [0.29, 0.717) is 5.54 Å². The van der Waals surface area contributed by atoms with Crippen molar-refractivity contribution >= 4 is 14.1 Å². The summed E-state index contributed by atoms with van der Waals surface area (Å²) in [7, 11) is -1.87. The molecule has 3 aromatic carbocycles. The lowest BCUT2D eigenvalue weighted by Gasteiger charge is -2.36. The molecule has 0 fully saturated rings. The van der Waals surface area contributed by atoms with Crippen LogP contribution in [-0.4, -0.2) is 8.07 Å². The Balaban J connectivity index is 1.54. The number of hydrogen-bond donors (Lipinski definition) is 0. The van der Waals surface area contributed by atoms with Crippen molar-refractivity contribution in [2.45, 2.75) is 32.0 Å². The van der Waals surface area contributed by atoms with Gasteiger partial charge in [-0.1, -0.05) is 97.5 Å². The Morgan fingerprint density at radius 3 is 2.03 bits per heavy atom. The molecule has 0 bridgehead atoms. The van der Waals surface area contributed by atoms with E-state index in [2.05, 4.69) is 105 Å². The number of rotatable bonds is 2. The Kier molecular flexibility index (Phi) is 3.76. The highest BCUT2D eigenvalue weighted by Gasteiger charge is 2.46. The van der Waals surface area contributed by atoms with Gasteiger partial charge in [0, 0.05) is 5.54 Å². The van der Waals surface area contributed by atoms with Gasteiger partial charge in [-0.05, 0) is 69.1 Å². The first kappa shape index (κ1) is 17.9. The molecule has 0 aromatic heterocycles. The fourth-order valence-electron chi connectivity index (χ4n) is 6.22. The van der Waals surface area contributed by atoms with Crippen molar-refractivity contribution < 1.29 is 0 Å². The van der Waals surface area contributed by atoms with Crippen LogP contribution < -0.4 is 0 Å². The van der Waals surface area contributed by atoms with E-state index >= 15 is 0 Å². The second kappa shape index (κ2) is 6.30. The molecule has 3 aliphatic rings. The van der Waals surface area contributed by atoms with Crippen molar-refractivity contribution in [3.8, 4) is 11.1 Å². The molecule has 0 atom stereocenters. The average molecular weight is 403 g/mol. The van der Waals surface area contributed by atoms with Gasteiger partial charge in [-0.15, -0.1) is 0 Å². The monoisotopic (exact) mass is 402 g/mol. The fourth-order valence-corrected chi connectivity index (χ4v) is 10.6. The highest BCUT2D eigenvalue weighted by molar-refractivity contribution is 6.87. The molecular weight excluding hydrogens is 376 g/mol. The van der Waals surface area contributed by atoms with Gasteiger partial charge in [0.05, 0.1) is 8.07 Å². The third-order valence-corrected chi connectivity index (χ3v) is 11.4. The van der Waals surface area contributed by atoms with E-state index in [-0.39, 0.29) is 0 Å². The molecule has 3 aromatic rings. The smallest absolute Gasteiger partial charge is 0.0647 e. The third kappa shape index (κ3) is 2.39. The molecule has 0 aliphatic heterocycles. The first-order chi connectivity index (χ1) is 14.6. The molecule has 0 unspecified atom stereocenters. The Morgan fingerprint density at radius 2 is 1.33 bits per heavy atom. The predicted octanol–water partition coefficient (Wildman–Crippen LogP) is 7.48. The average Bonchev–Trinajstić information content (AvgIpc) is 3.26. The Morgan fingerprint density at radius 1 is 0.733 bits per heavy atom. The normalized spacial score (nSPS) is 17.2. The molecule has 6 rings (SSSR count). The minimum absolute atomic E-state index is 0.501. The lowest BCUT2D eigenvalue weighted by atomic mass is 9.90. The van der Waals surface area contributed by atoms with Crippen LogP contribution in [0.3, 0.4) is 0 Å². The second-order valence-electron chi connectivity index (χ2n) is 9.49. The van der Waals surface area contributed by atoms with E-state index in [1.54, 1.807) is 5.20 Å². The molecule has 0 spiro atoms.